The van der Waals surface area contributed by atoms with Crippen LogP contribution >= 0.6 is 0 Å². The second kappa shape index (κ2) is 4.44. The molecule has 1 heterocycles. The van der Waals surface area contributed by atoms with Crippen molar-refractivity contribution in [3.63, 3.8) is 0 Å². The van der Waals surface area contributed by atoms with Crippen LogP contribution in [0.2, 0.25) is 0 Å². The molecule has 0 spiro atoms. The maximum Gasteiger partial charge on any atom is 0.302 e. The summed E-state index contributed by atoms with van der Waals surface area (Å²) in [5.41, 5.74) is 0. The van der Waals surface area contributed by atoms with Crippen LogP contribution in [0.1, 0.15) is 33.6 Å². The third kappa shape index (κ3) is 2.47. The number of hydrogen-bond donors (Lipinski definition) is 0. The van der Waals surface area contributed by atoms with Crippen LogP contribution in [0.4, 0.5) is 0 Å². The van der Waals surface area contributed by atoms with Gasteiger partial charge in [-0.3, -0.25) is 9.59 Å². The molecule has 80 valence electrons. The number of carbonyl (C=O) groups excluding carboxylic acids is 2. The van der Waals surface area contributed by atoms with Crippen molar-refractivity contribution < 1.29 is 14.3 Å². The van der Waals surface area contributed by atoms with Gasteiger partial charge in [0.25, 0.3) is 0 Å². The normalized spacial score (nSPS) is 26.4. The van der Waals surface area contributed by atoms with Crippen LogP contribution in [0.15, 0.2) is 0 Å². The van der Waals surface area contributed by atoms with E-state index in [4.69, 9.17) is 4.74 Å². The van der Waals surface area contributed by atoms with Crippen LogP contribution in [0.25, 0.3) is 0 Å². The predicted molar refractivity (Wildman–Crippen MR) is 51.6 cm³/mol. The summed E-state index contributed by atoms with van der Waals surface area (Å²) in [5.74, 6) is -0.207. The monoisotopic (exact) mass is 199 g/mol. The topological polar surface area (TPSA) is 46.6 Å². The third-order valence-corrected chi connectivity index (χ3v) is 2.58. The molecule has 1 fully saturated rings. The minimum absolute atomic E-state index is 0.0616. The summed E-state index contributed by atoms with van der Waals surface area (Å²) in [4.78, 5) is 23.8. The van der Waals surface area contributed by atoms with E-state index in [0.717, 1.165) is 12.8 Å². The first-order chi connectivity index (χ1) is 6.54. The SMILES string of the molecule is CC[C@@H]1C[C@@H](OC(C)=O)CN1C(C)=O. The lowest BCUT2D eigenvalue weighted by atomic mass is 10.1. The Morgan fingerprint density at radius 1 is 1.43 bits per heavy atom. The molecule has 0 aromatic rings. The highest BCUT2D eigenvalue weighted by atomic mass is 16.5. The van der Waals surface area contributed by atoms with Crippen molar-refractivity contribution in [2.24, 2.45) is 0 Å². The Hall–Kier alpha value is -1.06. The van der Waals surface area contributed by atoms with E-state index in [2.05, 4.69) is 0 Å². The van der Waals surface area contributed by atoms with Gasteiger partial charge in [0.15, 0.2) is 0 Å². The van der Waals surface area contributed by atoms with Gasteiger partial charge in [-0.1, -0.05) is 6.92 Å². The van der Waals surface area contributed by atoms with E-state index in [0.29, 0.717) is 6.54 Å². The lowest BCUT2D eigenvalue weighted by molar-refractivity contribution is -0.146. The standard InChI is InChI=1S/C10H17NO3/c1-4-9-5-10(14-8(3)13)6-11(9)7(2)12/h9-10H,4-6H2,1-3H3/t9-,10-/m1/s1. The quantitative estimate of drug-likeness (QED) is 0.622. The number of ether oxygens (including phenoxy) is 1. The van der Waals surface area contributed by atoms with Crippen molar-refractivity contribution in [1.82, 2.24) is 4.90 Å². The van der Waals surface area contributed by atoms with Gasteiger partial charge in [-0.2, -0.15) is 0 Å². The van der Waals surface area contributed by atoms with Gasteiger partial charge in [-0.15, -0.1) is 0 Å². The zero-order chi connectivity index (χ0) is 10.7. The Balaban J connectivity index is 2.56. The van der Waals surface area contributed by atoms with Crippen molar-refractivity contribution in [3.05, 3.63) is 0 Å². The van der Waals surface area contributed by atoms with Crippen LogP contribution in [-0.2, 0) is 14.3 Å². The van der Waals surface area contributed by atoms with Crippen molar-refractivity contribution in [3.8, 4) is 0 Å². The molecule has 0 aliphatic carbocycles. The van der Waals surface area contributed by atoms with Gasteiger partial charge in [0.05, 0.1) is 6.54 Å². The molecule has 4 heteroatoms. The number of nitrogens with zero attached hydrogens (tertiary/aromatic N) is 1. The molecule has 0 unspecified atom stereocenters. The van der Waals surface area contributed by atoms with Crippen LogP contribution < -0.4 is 0 Å². The Morgan fingerprint density at radius 3 is 2.43 bits per heavy atom. The Bertz CT molecular complexity index is 240. The van der Waals surface area contributed by atoms with E-state index >= 15 is 0 Å². The number of amides is 1. The van der Waals surface area contributed by atoms with Crippen molar-refractivity contribution in [2.45, 2.75) is 45.8 Å². The lowest BCUT2D eigenvalue weighted by Gasteiger charge is -2.20. The largest absolute Gasteiger partial charge is 0.461 e. The molecule has 1 aliphatic heterocycles. The molecule has 0 aromatic heterocycles. The zero-order valence-electron chi connectivity index (χ0n) is 8.95. The number of esters is 1. The molecule has 14 heavy (non-hydrogen) atoms. The fraction of sp³-hybridized carbons (Fsp3) is 0.800. The summed E-state index contributed by atoms with van der Waals surface area (Å²) < 4.78 is 5.09. The molecule has 1 rings (SSSR count). The van der Waals surface area contributed by atoms with Crippen LogP contribution in [-0.4, -0.2) is 35.5 Å². The molecule has 0 saturated carbocycles. The fourth-order valence-corrected chi connectivity index (χ4v) is 1.97. The lowest BCUT2D eigenvalue weighted by Crippen LogP contribution is -2.33. The van der Waals surface area contributed by atoms with Gasteiger partial charge < -0.3 is 9.64 Å². The average molecular weight is 199 g/mol. The second-order valence-electron chi connectivity index (χ2n) is 3.70. The molecule has 2 atom stereocenters. The molecule has 1 saturated heterocycles. The minimum atomic E-state index is -0.268. The number of rotatable bonds is 2. The van der Waals surface area contributed by atoms with Gasteiger partial charge in [0.1, 0.15) is 6.10 Å². The Kier molecular flexibility index (Phi) is 3.49. The highest BCUT2D eigenvalue weighted by Crippen LogP contribution is 2.22. The highest BCUT2D eigenvalue weighted by Gasteiger charge is 2.33. The fourth-order valence-electron chi connectivity index (χ4n) is 1.97. The first-order valence-electron chi connectivity index (χ1n) is 4.99. The van der Waals surface area contributed by atoms with Gasteiger partial charge >= 0.3 is 5.97 Å². The van der Waals surface area contributed by atoms with E-state index < -0.39 is 0 Å². The molecular weight excluding hydrogens is 182 g/mol. The maximum atomic E-state index is 11.2. The van der Waals surface area contributed by atoms with Crippen molar-refractivity contribution >= 4 is 11.9 Å². The Labute approximate surface area is 84.2 Å². The molecule has 0 bridgehead atoms. The minimum Gasteiger partial charge on any atom is -0.461 e. The maximum absolute atomic E-state index is 11.2. The summed E-state index contributed by atoms with van der Waals surface area (Å²) in [6.07, 6.45) is 1.58. The number of carbonyl (C=O) groups is 2. The smallest absolute Gasteiger partial charge is 0.302 e. The van der Waals surface area contributed by atoms with E-state index in [-0.39, 0.29) is 24.0 Å². The third-order valence-electron chi connectivity index (χ3n) is 2.58. The van der Waals surface area contributed by atoms with Crippen LogP contribution in [0.3, 0.4) is 0 Å². The molecular formula is C10H17NO3. The zero-order valence-corrected chi connectivity index (χ0v) is 8.95. The van der Waals surface area contributed by atoms with E-state index in [9.17, 15) is 9.59 Å². The van der Waals surface area contributed by atoms with E-state index in [1.165, 1.54) is 6.92 Å². The first-order valence-corrected chi connectivity index (χ1v) is 4.99. The number of hydrogen-bond acceptors (Lipinski definition) is 3. The predicted octanol–water partition coefficient (Wildman–Crippen LogP) is 0.949. The first kappa shape index (κ1) is 11.0. The summed E-state index contributed by atoms with van der Waals surface area (Å²) in [6, 6.07) is 0.233. The Morgan fingerprint density at radius 2 is 2.07 bits per heavy atom. The van der Waals surface area contributed by atoms with Crippen LogP contribution in [0, 0.1) is 0 Å². The second-order valence-corrected chi connectivity index (χ2v) is 3.70. The molecule has 0 radical (unpaired) electrons. The summed E-state index contributed by atoms with van der Waals surface area (Å²) >= 11 is 0. The van der Waals surface area contributed by atoms with Crippen LogP contribution in [0.5, 0.6) is 0 Å². The van der Waals surface area contributed by atoms with Gasteiger partial charge in [-0.05, 0) is 6.42 Å². The van der Waals surface area contributed by atoms with Gasteiger partial charge in [0.2, 0.25) is 5.91 Å². The molecule has 1 aliphatic rings. The van der Waals surface area contributed by atoms with E-state index in [1.807, 2.05) is 6.92 Å². The molecule has 1 amide bonds. The molecule has 0 aromatic carbocycles. The average Bonchev–Trinajstić information content (AvgIpc) is 2.46. The number of likely N-dealkylation sites (tertiary alicyclic amines) is 1. The van der Waals surface area contributed by atoms with Gasteiger partial charge in [-0.25, -0.2) is 0 Å². The summed E-state index contributed by atoms with van der Waals surface area (Å²) in [7, 11) is 0. The van der Waals surface area contributed by atoms with Crippen molar-refractivity contribution in [1.29, 1.82) is 0 Å². The molecule has 4 nitrogen and oxygen atoms in total. The highest BCUT2D eigenvalue weighted by molar-refractivity contribution is 5.74. The molecule has 0 N–H and O–H groups in total. The van der Waals surface area contributed by atoms with Crippen molar-refractivity contribution in [2.75, 3.05) is 6.54 Å². The van der Waals surface area contributed by atoms with E-state index in [1.54, 1.807) is 11.8 Å². The summed E-state index contributed by atoms with van der Waals surface area (Å²) in [5, 5.41) is 0. The van der Waals surface area contributed by atoms with Gasteiger partial charge in [0, 0.05) is 26.3 Å². The summed E-state index contributed by atoms with van der Waals surface area (Å²) in [6.45, 7) is 5.54.